The standard InChI is InChI=1S/C30H24F2N2O5/c1-37-20-13-10-18(11-14-20)16-19-12-15-22-27(21-6-2-3-7-23(21)34-28(19)22)29(36)38-17-26(35)33-24-8-4-5-9-25(24)39-30(31)32/h2-11,13-14,16,30H,12,15,17H2,1H3,(H,33,35). The highest BCUT2D eigenvalue weighted by Crippen LogP contribution is 2.38. The molecule has 1 heterocycles. The van der Waals surface area contributed by atoms with E-state index in [-0.39, 0.29) is 11.4 Å². The van der Waals surface area contributed by atoms with Crippen molar-refractivity contribution in [3.8, 4) is 11.5 Å². The van der Waals surface area contributed by atoms with Crippen molar-refractivity contribution in [1.29, 1.82) is 0 Å². The van der Waals surface area contributed by atoms with Crippen molar-refractivity contribution in [3.63, 3.8) is 0 Å². The van der Waals surface area contributed by atoms with Crippen LogP contribution in [0.3, 0.4) is 0 Å². The van der Waals surface area contributed by atoms with Crippen LogP contribution in [0.2, 0.25) is 0 Å². The van der Waals surface area contributed by atoms with E-state index >= 15 is 0 Å². The van der Waals surface area contributed by atoms with Crippen molar-refractivity contribution in [2.75, 3.05) is 19.0 Å². The Balaban J connectivity index is 1.39. The average molecular weight is 531 g/mol. The molecule has 1 aliphatic rings. The quantitative estimate of drug-likeness (QED) is 0.276. The van der Waals surface area contributed by atoms with Crippen LogP contribution in [0.15, 0.2) is 72.8 Å². The van der Waals surface area contributed by atoms with E-state index in [2.05, 4.69) is 10.1 Å². The summed E-state index contributed by atoms with van der Waals surface area (Å²) >= 11 is 0. The number of benzene rings is 3. The third-order valence-electron chi connectivity index (χ3n) is 6.31. The van der Waals surface area contributed by atoms with Gasteiger partial charge < -0.3 is 19.5 Å². The van der Waals surface area contributed by atoms with Crippen LogP contribution in [0.4, 0.5) is 14.5 Å². The van der Waals surface area contributed by atoms with Crippen molar-refractivity contribution in [3.05, 3.63) is 95.2 Å². The molecule has 39 heavy (non-hydrogen) atoms. The van der Waals surface area contributed by atoms with Crippen LogP contribution >= 0.6 is 0 Å². The fourth-order valence-corrected chi connectivity index (χ4v) is 4.57. The molecule has 1 amide bonds. The Labute approximate surface area is 223 Å². The first-order chi connectivity index (χ1) is 18.9. The minimum atomic E-state index is -3.05. The number of esters is 1. The highest BCUT2D eigenvalue weighted by atomic mass is 19.3. The summed E-state index contributed by atoms with van der Waals surface area (Å²) in [5.41, 5.74) is 4.49. The molecule has 0 unspecified atom stereocenters. The molecule has 198 valence electrons. The van der Waals surface area contributed by atoms with E-state index in [1.54, 1.807) is 19.2 Å². The van der Waals surface area contributed by atoms with Gasteiger partial charge in [-0.3, -0.25) is 4.79 Å². The zero-order valence-corrected chi connectivity index (χ0v) is 20.9. The number of carbonyl (C=O) groups excluding carboxylic acids is 2. The third-order valence-corrected chi connectivity index (χ3v) is 6.31. The van der Waals surface area contributed by atoms with Crippen LogP contribution < -0.4 is 14.8 Å². The molecule has 0 radical (unpaired) electrons. The van der Waals surface area contributed by atoms with Gasteiger partial charge in [-0.15, -0.1) is 0 Å². The molecule has 5 rings (SSSR count). The summed E-state index contributed by atoms with van der Waals surface area (Å²) in [6.07, 6.45) is 3.31. The molecule has 1 N–H and O–H groups in total. The average Bonchev–Trinajstić information content (AvgIpc) is 3.33. The molecule has 0 saturated carbocycles. The number of nitrogens with one attached hydrogen (secondary N) is 1. The Hall–Kier alpha value is -4.79. The minimum Gasteiger partial charge on any atom is -0.497 e. The Morgan fingerprint density at radius 1 is 1.00 bits per heavy atom. The molecular weight excluding hydrogens is 506 g/mol. The van der Waals surface area contributed by atoms with E-state index in [4.69, 9.17) is 14.5 Å². The number of hydrogen-bond acceptors (Lipinski definition) is 6. The van der Waals surface area contributed by atoms with E-state index in [0.29, 0.717) is 29.3 Å². The summed E-state index contributed by atoms with van der Waals surface area (Å²) in [6.45, 7) is -3.66. The molecule has 4 aromatic rings. The molecule has 1 aromatic heterocycles. The molecule has 7 nitrogen and oxygen atoms in total. The van der Waals surface area contributed by atoms with E-state index < -0.39 is 25.1 Å². The molecule has 1 aliphatic carbocycles. The maximum Gasteiger partial charge on any atom is 0.387 e. The molecule has 3 aromatic carbocycles. The lowest BCUT2D eigenvalue weighted by atomic mass is 10.0. The van der Waals surface area contributed by atoms with E-state index in [1.165, 1.54) is 18.2 Å². The number of methoxy groups -OCH3 is 1. The highest BCUT2D eigenvalue weighted by Gasteiger charge is 2.28. The summed E-state index contributed by atoms with van der Waals surface area (Å²) in [7, 11) is 1.61. The summed E-state index contributed by atoms with van der Waals surface area (Å²) in [4.78, 5) is 30.7. The maximum absolute atomic E-state index is 13.3. The van der Waals surface area contributed by atoms with Crippen LogP contribution in [0.5, 0.6) is 11.5 Å². The van der Waals surface area contributed by atoms with Crippen molar-refractivity contribution in [1.82, 2.24) is 4.98 Å². The number of halogens is 2. The van der Waals surface area contributed by atoms with Crippen LogP contribution in [0.25, 0.3) is 22.6 Å². The van der Waals surface area contributed by atoms with Crippen molar-refractivity contribution < 1.29 is 32.6 Å². The largest absolute Gasteiger partial charge is 0.497 e. The van der Waals surface area contributed by atoms with Gasteiger partial charge in [0.2, 0.25) is 0 Å². The zero-order chi connectivity index (χ0) is 27.4. The van der Waals surface area contributed by atoms with Crippen LogP contribution in [0, 0.1) is 0 Å². The lowest BCUT2D eigenvalue weighted by molar-refractivity contribution is -0.119. The third kappa shape index (κ3) is 5.72. The first-order valence-corrected chi connectivity index (χ1v) is 12.2. The number of nitrogens with zero attached hydrogens (tertiary/aromatic N) is 1. The molecule has 9 heteroatoms. The smallest absolute Gasteiger partial charge is 0.387 e. The molecule has 0 fully saturated rings. The first kappa shape index (κ1) is 25.8. The van der Waals surface area contributed by atoms with Crippen LogP contribution in [-0.2, 0) is 16.0 Å². The predicted octanol–water partition coefficient (Wildman–Crippen LogP) is 6.13. The molecule has 0 saturated heterocycles. The number of pyridine rings is 1. The summed E-state index contributed by atoms with van der Waals surface area (Å²) < 4.78 is 40.4. The monoisotopic (exact) mass is 530 g/mol. The second-order valence-electron chi connectivity index (χ2n) is 8.77. The van der Waals surface area contributed by atoms with E-state index in [0.717, 1.165) is 28.1 Å². The van der Waals surface area contributed by atoms with Gasteiger partial charge in [0, 0.05) is 5.39 Å². The summed E-state index contributed by atoms with van der Waals surface area (Å²) in [5, 5.41) is 3.08. The second-order valence-corrected chi connectivity index (χ2v) is 8.77. The topological polar surface area (TPSA) is 86.8 Å². The van der Waals surface area contributed by atoms with E-state index in [9.17, 15) is 18.4 Å². The maximum atomic E-state index is 13.3. The Kier molecular flexibility index (Phi) is 7.49. The van der Waals surface area contributed by atoms with Gasteiger partial charge in [0.05, 0.1) is 29.6 Å². The number of ether oxygens (including phenoxy) is 3. The first-order valence-electron chi connectivity index (χ1n) is 12.2. The number of carbonyl (C=O) groups is 2. The number of para-hydroxylation sites is 3. The molecular formula is C30H24F2N2O5. The number of aromatic nitrogens is 1. The number of alkyl halides is 2. The SMILES string of the molecule is COc1ccc(C=C2CCc3c2nc2ccccc2c3C(=O)OCC(=O)Nc2ccccc2OC(F)F)cc1. The van der Waals surface area contributed by atoms with Gasteiger partial charge in [0.25, 0.3) is 5.91 Å². The second kappa shape index (κ2) is 11.3. The normalized spacial score (nSPS) is 13.4. The van der Waals surface area contributed by atoms with Crippen molar-refractivity contribution in [2.24, 2.45) is 0 Å². The summed E-state index contributed by atoms with van der Waals surface area (Å²) in [6, 6.07) is 20.7. The molecule has 0 atom stereocenters. The van der Waals surface area contributed by atoms with Crippen LogP contribution in [-0.4, -0.2) is 37.2 Å². The number of rotatable bonds is 8. The Morgan fingerprint density at radius 3 is 2.51 bits per heavy atom. The van der Waals surface area contributed by atoms with Gasteiger partial charge in [0.15, 0.2) is 6.61 Å². The molecule has 0 bridgehead atoms. The van der Waals surface area contributed by atoms with Gasteiger partial charge >= 0.3 is 12.6 Å². The predicted molar refractivity (Wildman–Crippen MR) is 143 cm³/mol. The number of anilines is 1. The van der Waals surface area contributed by atoms with Gasteiger partial charge in [-0.1, -0.05) is 42.5 Å². The van der Waals surface area contributed by atoms with Gasteiger partial charge in [-0.05, 0) is 65.9 Å². The number of hydrogen-bond donors (Lipinski definition) is 1. The Morgan fingerprint density at radius 2 is 1.74 bits per heavy atom. The fourth-order valence-electron chi connectivity index (χ4n) is 4.57. The zero-order valence-electron chi connectivity index (χ0n) is 20.9. The van der Waals surface area contributed by atoms with Gasteiger partial charge in [-0.25, -0.2) is 9.78 Å². The van der Waals surface area contributed by atoms with Gasteiger partial charge in [-0.2, -0.15) is 8.78 Å². The lowest BCUT2D eigenvalue weighted by Crippen LogP contribution is -2.22. The molecule has 0 spiro atoms. The van der Waals surface area contributed by atoms with Crippen molar-refractivity contribution in [2.45, 2.75) is 19.5 Å². The number of fused-ring (bicyclic) bond motifs is 2. The van der Waals surface area contributed by atoms with Crippen LogP contribution in [0.1, 0.15) is 33.6 Å². The van der Waals surface area contributed by atoms with Gasteiger partial charge in [0.1, 0.15) is 11.5 Å². The number of amides is 1. The Bertz CT molecular complexity index is 1570. The fraction of sp³-hybridized carbons (Fsp3) is 0.167. The highest BCUT2D eigenvalue weighted by molar-refractivity contribution is 6.08. The molecule has 0 aliphatic heterocycles. The van der Waals surface area contributed by atoms with Crippen molar-refractivity contribution >= 4 is 40.1 Å². The number of allylic oxidation sites excluding steroid dienone is 1. The lowest BCUT2D eigenvalue weighted by Gasteiger charge is -2.13. The summed E-state index contributed by atoms with van der Waals surface area (Å²) in [5.74, 6) is -0.792. The minimum absolute atomic E-state index is 0.0439. The van der Waals surface area contributed by atoms with E-state index in [1.807, 2.05) is 48.5 Å².